The van der Waals surface area contributed by atoms with Gasteiger partial charge >= 0.3 is 0 Å². The van der Waals surface area contributed by atoms with Crippen molar-refractivity contribution in [2.24, 2.45) is 5.84 Å². The smallest absolute Gasteiger partial charge is 0.148 e. The Hall–Kier alpha value is -1.36. The van der Waals surface area contributed by atoms with E-state index in [1.165, 1.54) is 32.1 Å². The Kier molecular flexibility index (Phi) is 4.71. The number of nitrogens with one attached hydrogen (secondary N) is 1. The second-order valence-electron chi connectivity index (χ2n) is 7.14. The normalized spacial score (nSPS) is 16.9. The van der Waals surface area contributed by atoms with E-state index < -0.39 is 0 Å². The molecule has 1 aromatic rings. The molecule has 0 saturated heterocycles. The summed E-state index contributed by atoms with van der Waals surface area (Å²) in [6, 6.07) is 0.575. The Bertz CT molecular complexity index is 486. The molecule has 0 unspecified atom stereocenters. The van der Waals surface area contributed by atoms with Crippen LogP contribution in [-0.4, -0.2) is 23.1 Å². The number of nitrogens with zero attached hydrogens (tertiary/aromatic N) is 3. The van der Waals surface area contributed by atoms with E-state index in [2.05, 4.69) is 43.1 Å². The molecule has 0 radical (unpaired) electrons. The lowest BCUT2D eigenvalue weighted by molar-refractivity contribution is 0.424. The molecular weight excluding hydrogens is 262 g/mol. The topological polar surface area (TPSA) is 67.1 Å². The van der Waals surface area contributed by atoms with E-state index in [1.54, 1.807) is 0 Å². The first kappa shape index (κ1) is 16.0. The molecule has 0 bridgehead atoms. The Morgan fingerprint density at radius 3 is 2.29 bits per heavy atom. The molecule has 5 heteroatoms. The average Bonchev–Trinajstić information content (AvgIpc) is 2.46. The third-order valence-corrected chi connectivity index (χ3v) is 4.38. The number of hydrazine groups is 1. The van der Waals surface area contributed by atoms with Gasteiger partial charge in [-0.3, -0.25) is 0 Å². The molecule has 2 rings (SSSR count). The molecule has 0 aliphatic heterocycles. The Balaban J connectivity index is 2.40. The molecule has 0 spiro atoms. The van der Waals surface area contributed by atoms with Crippen molar-refractivity contribution < 1.29 is 0 Å². The van der Waals surface area contributed by atoms with Crippen molar-refractivity contribution in [3.8, 4) is 0 Å². The minimum Gasteiger partial charge on any atom is -0.356 e. The van der Waals surface area contributed by atoms with Gasteiger partial charge in [0.2, 0.25) is 0 Å². The summed E-state index contributed by atoms with van der Waals surface area (Å²) in [6.45, 7) is 8.42. The quantitative estimate of drug-likeness (QED) is 0.661. The first-order valence-electron chi connectivity index (χ1n) is 7.93. The molecule has 118 valence electrons. The average molecular weight is 291 g/mol. The van der Waals surface area contributed by atoms with Crippen molar-refractivity contribution in [1.82, 2.24) is 9.97 Å². The minimum atomic E-state index is -0.0958. The lowest BCUT2D eigenvalue weighted by Gasteiger charge is -2.34. The van der Waals surface area contributed by atoms with Gasteiger partial charge in [0.15, 0.2) is 0 Å². The monoisotopic (exact) mass is 291 g/mol. The molecule has 1 aliphatic rings. The molecule has 1 saturated carbocycles. The summed E-state index contributed by atoms with van der Waals surface area (Å²) in [4.78, 5) is 11.7. The van der Waals surface area contributed by atoms with E-state index in [0.717, 1.165) is 23.0 Å². The fourth-order valence-electron chi connectivity index (χ4n) is 2.97. The molecule has 1 fully saturated rings. The third kappa shape index (κ3) is 3.46. The second kappa shape index (κ2) is 6.18. The summed E-state index contributed by atoms with van der Waals surface area (Å²) < 4.78 is 0. The lowest BCUT2D eigenvalue weighted by atomic mass is 9.94. The van der Waals surface area contributed by atoms with E-state index in [4.69, 9.17) is 10.8 Å². The Labute approximate surface area is 128 Å². The molecule has 1 aliphatic carbocycles. The lowest BCUT2D eigenvalue weighted by Crippen LogP contribution is -2.35. The number of anilines is 2. The van der Waals surface area contributed by atoms with Crippen molar-refractivity contribution in [3.63, 3.8) is 0 Å². The van der Waals surface area contributed by atoms with E-state index in [1.807, 2.05) is 6.92 Å². The first-order valence-corrected chi connectivity index (χ1v) is 7.93. The molecule has 5 nitrogen and oxygen atoms in total. The summed E-state index contributed by atoms with van der Waals surface area (Å²) in [5, 5.41) is 0. The van der Waals surface area contributed by atoms with Crippen molar-refractivity contribution in [3.05, 3.63) is 11.4 Å². The molecule has 1 heterocycles. The third-order valence-electron chi connectivity index (χ3n) is 4.38. The number of aromatic nitrogens is 2. The zero-order chi connectivity index (χ0) is 15.6. The van der Waals surface area contributed by atoms with Gasteiger partial charge in [0.25, 0.3) is 0 Å². The van der Waals surface area contributed by atoms with Crippen molar-refractivity contribution in [2.45, 2.75) is 71.3 Å². The van der Waals surface area contributed by atoms with Gasteiger partial charge in [0.1, 0.15) is 17.5 Å². The molecular formula is C16H29N5. The summed E-state index contributed by atoms with van der Waals surface area (Å²) in [5.41, 5.74) is 3.66. The van der Waals surface area contributed by atoms with Crippen LogP contribution in [0.4, 0.5) is 11.6 Å². The van der Waals surface area contributed by atoms with Gasteiger partial charge in [0.05, 0.1) is 0 Å². The molecule has 0 aromatic carbocycles. The highest BCUT2D eigenvalue weighted by atomic mass is 15.3. The van der Waals surface area contributed by atoms with Crippen LogP contribution >= 0.6 is 0 Å². The van der Waals surface area contributed by atoms with Gasteiger partial charge < -0.3 is 10.3 Å². The van der Waals surface area contributed by atoms with Crippen LogP contribution in [0.25, 0.3) is 0 Å². The fourth-order valence-corrected chi connectivity index (χ4v) is 2.97. The minimum absolute atomic E-state index is 0.0958. The first-order chi connectivity index (χ1) is 9.84. The van der Waals surface area contributed by atoms with E-state index in [9.17, 15) is 0 Å². The van der Waals surface area contributed by atoms with E-state index in [0.29, 0.717) is 6.04 Å². The summed E-state index contributed by atoms with van der Waals surface area (Å²) in [6.07, 6.45) is 6.48. The van der Waals surface area contributed by atoms with Gasteiger partial charge in [-0.15, -0.1) is 0 Å². The maximum absolute atomic E-state index is 5.65. The fraction of sp³-hybridized carbons (Fsp3) is 0.750. The Morgan fingerprint density at radius 1 is 1.14 bits per heavy atom. The summed E-state index contributed by atoms with van der Waals surface area (Å²) in [7, 11) is 2.15. The Morgan fingerprint density at radius 2 is 1.76 bits per heavy atom. The highest BCUT2D eigenvalue weighted by molar-refractivity contribution is 5.58. The van der Waals surface area contributed by atoms with Crippen molar-refractivity contribution in [1.29, 1.82) is 0 Å². The van der Waals surface area contributed by atoms with Crippen LogP contribution in [0.3, 0.4) is 0 Å². The van der Waals surface area contributed by atoms with Crippen LogP contribution in [0.1, 0.15) is 64.3 Å². The predicted molar refractivity (Wildman–Crippen MR) is 88.6 cm³/mol. The van der Waals surface area contributed by atoms with Crippen LogP contribution in [-0.2, 0) is 5.41 Å². The van der Waals surface area contributed by atoms with Crippen LogP contribution in [0, 0.1) is 6.92 Å². The van der Waals surface area contributed by atoms with Gasteiger partial charge in [-0.25, -0.2) is 15.8 Å². The van der Waals surface area contributed by atoms with Gasteiger partial charge in [-0.2, -0.15) is 0 Å². The largest absolute Gasteiger partial charge is 0.356 e. The van der Waals surface area contributed by atoms with Crippen LogP contribution in [0.5, 0.6) is 0 Å². The van der Waals surface area contributed by atoms with Crippen LogP contribution in [0.2, 0.25) is 0 Å². The SMILES string of the molecule is Cc1c(NN)nc(C(C)(C)C)nc1N(C)C1CCCCC1. The van der Waals surface area contributed by atoms with Crippen molar-refractivity contribution >= 4 is 11.6 Å². The van der Waals surface area contributed by atoms with E-state index >= 15 is 0 Å². The highest BCUT2D eigenvalue weighted by Crippen LogP contribution is 2.31. The maximum Gasteiger partial charge on any atom is 0.148 e. The number of rotatable bonds is 3. The number of hydrogen-bond donors (Lipinski definition) is 2. The maximum atomic E-state index is 5.65. The van der Waals surface area contributed by atoms with Crippen molar-refractivity contribution in [2.75, 3.05) is 17.4 Å². The summed E-state index contributed by atoms with van der Waals surface area (Å²) >= 11 is 0. The highest BCUT2D eigenvalue weighted by Gasteiger charge is 2.25. The molecule has 21 heavy (non-hydrogen) atoms. The number of hydrogen-bond acceptors (Lipinski definition) is 5. The molecule has 3 N–H and O–H groups in total. The predicted octanol–water partition coefficient (Wildman–Crippen LogP) is 3.14. The van der Waals surface area contributed by atoms with E-state index in [-0.39, 0.29) is 5.41 Å². The molecule has 0 amide bonds. The van der Waals surface area contributed by atoms with Gasteiger partial charge in [-0.1, -0.05) is 40.0 Å². The zero-order valence-electron chi connectivity index (χ0n) is 14.0. The number of nitrogen functional groups attached to an aromatic ring is 1. The van der Waals surface area contributed by atoms with Crippen LogP contribution in [0.15, 0.2) is 0 Å². The molecule has 0 atom stereocenters. The zero-order valence-corrected chi connectivity index (χ0v) is 14.0. The number of nitrogens with two attached hydrogens (primary N) is 1. The van der Waals surface area contributed by atoms with Gasteiger partial charge in [-0.05, 0) is 19.8 Å². The molecule has 1 aromatic heterocycles. The second-order valence-corrected chi connectivity index (χ2v) is 7.14. The van der Waals surface area contributed by atoms with Gasteiger partial charge in [0, 0.05) is 24.1 Å². The summed E-state index contributed by atoms with van der Waals surface area (Å²) in [5.74, 6) is 8.22. The van der Waals surface area contributed by atoms with Crippen LogP contribution < -0.4 is 16.2 Å². The standard InChI is InChI=1S/C16H29N5/c1-11-13(20-17)18-15(16(2,3)4)19-14(11)21(5)12-9-7-6-8-10-12/h12H,6-10,17H2,1-5H3,(H,18,19,20).